The third-order valence-electron chi connectivity index (χ3n) is 12.3. The number of aromatic carboxylic acids is 1. The summed E-state index contributed by atoms with van der Waals surface area (Å²) in [7, 11) is -5.38. The first-order valence-corrected chi connectivity index (χ1v) is 37.2. The van der Waals surface area contributed by atoms with E-state index < -0.39 is 52.5 Å². The van der Waals surface area contributed by atoms with Crippen LogP contribution in [0.15, 0.2) is 118 Å². The van der Waals surface area contributed by atoms with Crippen LogP contribution in [0, 0.1) is 27.7 Å². The van der Waals surface area contributed by atoms with Crippen molar-refractivity contribution in [3.63, 3.8) is 0 Å². The molecule has 0 fully saturated rings. The number of ether oxygens (including phenoxy) is 3. The zero-order valence-electron chi connectivity index (χ0n) is 52.4. The number of phenolic OH excluding ortho intramolecular Hbond substituents is 1. The van der Waals surface area contributed by atoms with Crippen LogP contribution in [-0.4, -0.2) is 119 Å². The number of carboxylic acid groups (broad SMARTS) is 1. The standard InChI is InChI=1S/C17H15ClN2O4S2.C16H13ClN2O4S2.C9H8Cl2O2.C9H9ClO3.C8H8N2O2S2.C2H6S.Na/c1-9-6-10(18)7-12(15(9)24-2)16(21)20-17-19-13-5-4-11(26(3,22)23)8-14(13)25-17;1-8-5-9(17)6-11(14(8)20)15(21)19-16-18-12-4-3-10(25(2,22)23)7-13(12)24-16;2*1-5-3-6(10)4-7(9(11)12)8(5)13-2;1-14(11,12)5-2-3-6-7(4-5)13-8(9)10-6;1-2-3;/h4-8H,1-3H3,(H,19,20,21);3-7,20H,1-2H3,(H,18,19,21);3-4H,1-2H3;3-4H,1-2H3,(H,11,12);2-4H,1H3,(H2,9,10);3H,2H2,1H3;/q;;;;;;+1/p-1. The summed E-state index contributed by atoms with van der Waals surface area (Å²) in [6, 6.07) is 26.4. The van der Waals surface area contributed by atoms with E-state index in [-0.39, 0.29) is 56.2 Å². The second-order valence-electron chi connectivity index (χ2n) is 19.6. The van der Waals surface area contributed by atoms with Crippen molar-refractivity contribution in [3.05, 3.63) is 168 Å². The van der Waals surface area contributed by atoms with Crippen molar-refractivity contribution in [2.45, 2.75) is 49.3 Å². The van der Waals surface area contributed by atoms with Gasteiger partial charge in [-0.15, -0.1) is 0 Å². The topological polar surface area (TPSA) is 328 Å². The van der Waals surface area contributed by atoms with E-state index in [1.165, 1.54) is 98.8 Å². The molecule has 10 rings (SSSR count). The first-order chi connectivity index (χ1) is 43.8. The second-order valence-corrected chi connectivity index (χ2v) is 31.4. The number of hydrogen-bond acceptors (Lipinski definition) is 22. The number of aromatic hydroxyl groups is 1. The summed E-state index contributed by atoms with van der Waals surface area (Å²) in [6.45, 7) is 8.93. The third kappa shape index (κ3) is 22.8. The van der Waals surface area contributed by atoms with Gasteiger partial charge in [-0.1, -0.05) is 87.3 Å². The molecule has 10 aromatic rings. The smallest absolute Gasteiger partial charge is 0.793 e. The van der Waals surface area contributed by atoms with Gasteiger partial charge in [0.1, 0.15) is 28.6 Å². The van der Waals surface area contributed by atoms with Gasteiger partial charge in [0, 0.05) is 38.9 Å². The molecule has 95 heavy (non-hydrogen) atoms. The van der Waals surface area contributed by atoms with Crippen molar-refractivity contribution >= 4 is 203 Å². The fourth-order valence-electron chi connectivity index (χ4n) is 8.25. The average Bonchev–Trinajstić information content (AvgIpc) is 1.71. The molecule has 0 aliphatic carbocycles. The Hall–Kier alpha value is -6.06. The molecule has 0 aliphatic rings. The van der Waals surface area contributed by atoms with E-state index in [1.807, 2.05) is 6.92 Å². The number of sulfone groups is 3. The second kappa shape index (κ2) is 35.4. The number of fused-ring (bicyclic) bond motifs is 3. The summed E-state index contributed by atoms with van der Waals surface area (Å²) < 4.78 is 86.4. The van der Waals surface area contributed by atoms with Gasteiger partial charge >= 0.3 is 35.5 Å². The predicted octanol–water partition coefficient (Wildman–Crippen LogP) is 11.8. The maximum absolute atomic E-state index is 12.6. The number of anilines is 3. The number of nitrogens with zero attached hydrogens (tertiary/aromatic N) is 3. The van der Waals surface area contributed by atoms with Crippen molar-refractivity contribution < 1.29 is 98.4 Å². The number of nitrogens with two attached hydrogens (primary N) is 1. The molecular weight excluding hydrogens is 1480 g/mol. The molecule has 34 heteroatoms. The van der Waals surface area contributed by atoms with E-state index in [0.29, 0.717) is 100 Å². The summed E-state index contributed by atoms with van der Waals surface area (Å²) in [5.41, 5.74) is 10.9. The number of phenols is 1. The predicted molar refractivity (Wildman–Crippen MR) is 380 cm³/mol. The van der Waals surface area contributed by atoms with Gasteiger partial charge in [0.2, 0.25) is 0 Å². The molecule has 0 saturated heterocycles. The summed E-state index contributed by atoms with van der Waals surface area (Å²) in [5.74, 6) is -0.0427. The van der Waals surface area contributed by atoms with Gasteiger partial charge in [-0.3, -0.25) is 25.0 Å². The Morgan fingerprint density at radius 3 is 1.18 bits per heavy atom. The SMILES string of the molecule is CC[S-].COc1c(C)cc(Cl)cc1C(=O)Cl.COc1c(C)cc(Cl)cc1C(=O)Nc1nc2ccc(S(C)(=O)=O)cc2s1.COc1c(C)cc(Cl)cc1C(=O)O.CS(=O)(=O)c1ccc2nc(N)sc2c1.Cc1cc(Cl)cc(C(=O)Nc2nc3ccc(S(C)(=O)=O)cc3s2)c1O.[Na+]. The molecule has 0 radical (unpaired) electrons. The summed E-state index contributed by atoms with van der Waals surface area (Å²) in [4.78, 5) is 60.0. The Balaban J connectivity index is 0.000000258. The number of rotatable bonds is 12. The Morgan fingerprint density at radius 2 is 0.821 bits per heavy atom. The molecule has 3 aromatic heterocycles. The third-order valence-corrected chi connectivity index (χ3v) is 19.5. The van der Waals surface area contributed by atoms with E-state index in [2.05, 4.69) is 38.2 Å². The van der Waals surface area contributed by atoms with Crippen LogP contribution in [0.4, 0.5) is 15.4 Å². The Bertz CT molecular complexity index is 4810. The van der Waals surface area contributed by atoms with Gasteiger partial charge in [-0.05, 0) is 165 Å². The quantitative estimate of drug-likeness (QED) is 0.0431. The van der Waals surface area contributed by atoms with Crippen LogP contribution in [0.2, 0.25) is 20.1 Å². The molecule has 500 valence electrons. The minimum Gasteiger partial charge on any atom is -0.793 e. The first kappa shape index (κ1) is 81.4. The molecule has 6 N–H and O–H groups in total. The molecule has 0 aliphatic heterocycles. The summed E-state index contributed by atoms with van der Waals surface area (Å²) in [6.07, 6.45) is 3.45. The maximum atomic E-state index is 12.6. The molecular formula is C61H58Cl5N6NaO15S7. The number of carbonyl (C=O) groups excluding carboxylic acids is 3. The Labute approximate surface area is 612 Å². The van der Waals surface area contributed by atoms with Crippen LogP contribution >= 0.6 is 92.0 Å². The Kier molecular flexibility index (Phi) is 30.4. The number of carboxylic acids is 1. The number of methoxy groups -OCH3 is 3. The van der Waals surface area contributed by atoms with E-state index in [9.17, 15) is 49.5 Å². The largest absolute Gasteiger partial charge is 1.00 e. The van der Waals surface area contributed by atoms with Crippen molar-refractivity contribution in [2.75, 3.05) is 62.2 Å². The van der Waals surface area contributed by atoms with Gasteiger partial charge < -0.3 is 42.8 Å². The molecule has 0 bridgehead atoms. The van der Waals surface area contributed by atoms with Gasteiger partial charge in [0.25, 0.3) is 17.1 Å². The zero-order chi connectivity index (χ0) is 70.5. The number of aryl methyl sites for hydroxylation is 4. The minimum absolute atomic E-state index is 0. The van der Waals surface area contributed by atoms with Crippen LogP contribution in [0.3, 0.4) is 0 Å². The molecule has 7 aromatic carbocycles. The van der Waals surface area contributed by atoms with Gasteiger partial charge in [-0.2, -0.15) is 5.75 Å². The minimum atomic E-state index is -3.32. The van der Waals surface area contributed by atoms with E-state index in [0.717, 1.165) is 50.9 Å². The fraction of sp³-hybridized carbons (Fsp3) is 0.197. The van der Waals surface area contributed by atoms with Crippen molar-refractivity contribution in [1.29, 1.82) is 0 Å². The van der Waals surface area contributed by atoms with Crippen molar-refractivity contribution in [1.82, 2.24) is 15.0 Å². The van der Waals surface area contributed by atoms with Crippen LogP contribution in [-0.2, 0) is 42.1 Å². The Morgan fingerprint density at radius 1 is 0.516 bits per heavy atom. The number of carbonyl (C=O) groups is 4. The number of amides is 2. The molecule has 0 unspecified atom stereocenters. The maximum Gasteiger partial charge on any atom is 1.00 e. The zero-order valence-corrected chi connectivity index (χ0v) is 63.9. The number of halogens is 5. The van der Waals surface area contributed by atoms with Gasteiger partial charge in [0.05, 0.1) is 83.4 Å². The van der Waals surface area contributed by atoms with E-state index >= 15 is 0 Å². The van der Waals surface area contributed by atoms with Crippen LogP contribution < -0.4 is 60.1 Å². The monoisotopic (exact) mass is 1540 g/mol. The number of hydrogen-bond donors (Lipinski definition) is 5. The molecule has 0 atom stereocenters. The van der Waals surface area contributed by atoms with Gasteiger partial charge in [-0.25, -0.2) is 45.0 Å². The summed E-state index contributed by atoms with van der Waals surface area (Å²) >= 11 is 36.8. The van der Waals surface area contributed by atoms with Crippen LogP contribution in [0.25, 0.3) is 30.6 Å². The number of benzene rings is 7. The van der Waals surface area contributed by atoms with Crippen molar-refractivity contribution in [2.24, 2.45) is 0 Å². The summed E-state index contributed by atoms with van der Waals surface area (Å²) in [5, 5.41) is 26.3. The van der Waals surface area contributed by atoms with E-state index in [4.69, 9.17) is 83.1 Å². The molecule has 2 amide bonds. The normalized spacial score (nSPS) is 10.9. The fourth-order valence-corrected chi connectivity index (χ4v) is 14.2. The van der Waals surface area contributed by atoms with Crippen LogP contribution in [0.1, 0.15) is 70.6 Å². The average molecular weight is 1540 g/mol. The molecule has 21 nitrogen and oxygen atoms in total. The number of nitrogens with one attached hydrogen (secondary N) is 2. The molecule has 0 spiro atoms. The van der Waals surface area contributed by atoms with E-state index in [1.54, 1.807) is 82.3 Å². The molecule has 3 heterocycles. The molecule has 0 saturated carbocycles. The number of thiazole rings is 3. The van der Waals surface area contributed by atoms with Crippen LogP contribution in [0.5, 0.6) is 23.0 Å². The number of aromatic nitrogens is 3. The first-order valence-electron chi connectivity index (χ1n) is 26.6. The van der Waals surface area contributed by atoms with Crippen molar-refractivity contribution in [3.8, 4) is 23.0 Å². The van der Waals surface area contributed by atoms with Gasteiger partial charge in [0.15, 0.2) is 44.9 Å². The number of nitrogen functional groups attached to an aromatic ring is 1.